The van der Waals surface area contributed by atoms with Crippen molar-refractivity contribution in [2.24, 2.45) is 0 Å². The van der Waals surface area contributed by atoms with Crippen LogP contribution in [0.3, 0.4) is 0 Å². The second kappa shape index (κ2) is 10.5. The number of sulfonamides is 1. The lowest BCUT2D eigenvalue weighted by atomic mass is 10.1. The van der Waals surface area contributed by atoms with Gasteiger partial charge in [0.05, 0.1) is 23.6 Å². The van der Waals surface area contributed by atoms with Crippen LogP contribution < -0.4 is 10.1 Å². The summed E-state index contributed by atoms with van der Waals surface area (Å²) in [6.07, 6.45) is 0. The molecule has 0 radical (unpaired) electrons. The minimum Gasteiger partial charge on any atom is -0.497 e. The average molecular weight is 518 g/mol. The molecule has 0 amide bonds. The number of fused-ring (bicyclic) bond motifs is 1. The monoisotopic (exact) mass is 517 g/mol. The van der Waals surface area contributed by atoms with Gasteiger partial charge in [-0.2, -0.15) is 4.31 Å². The van der Waals surface area contributed by atoms with Gasteiger partial charge < -0.3 is 10.1 Å². The first-order valence-electron chi connectivity index (χ1n) is 12.3. The van der Waals surface area contributed by atoms with E-state index in [-0.39, 0.29) is 10.9 Å². The number of para-hydroxylation sites is 2. The van der Waals surface area contributed by atoms with Crippen molar-refractivity contribution < 1.29 is 13.2 Å². The summed E-state index contributed by atoms with van der Waals surface area (Å²) in [5, 5.41) is 4.46. The Bertz CT molecular complexity index is 1500. The van der Waals surface area contributed by atoms with Crippen molar-refractivity contribution in [2.75, 3.05) is 38.6 Å². The summed E-state index contributed by atoms with van der Waals surface area (Å²) in [4.78, 5) is 12.3. The maximum atomic E-state index is 13.2. The van der Waals surface area contributed by atoms with Crippen LogP contribution in [0, 0.1) is 6.92 Å². The molecule has 1 aromatic heterocycles. The van der Waals surface area contributed by atoms with Gasteiger partial charge in [-0.3, -0.25) is 4.90 Å². The largest absolute Gasteiger partial charge is 0.497 e. The molecule has 3 aromatic carbocycles. The highest BCUT2D eigenvalue weighted by Gasteiger charge is 2.31. The molecule has 1 saturated heterocycles. The van der Waals surface area contributed by atoms with Crippen LogP contribution in [0.4, 0.5) is 11.5 Å². The van der Waals surface area contributed by atoms with Gasteiger partial charge in [0.25, 0.3) is 0 Å². The lowest BCUT2D eigenvalue weighted by Crippen LogP contribution is -2.49. The lowest BCUT2D eigenvalue weighted by Gasteiger charge is -2.36. The predicted molar refractivity (Wildman–Crippen MR) is 146 cm³/mol. The van der Waals surface area contributed by atoms with E-state index < -0.39 is 10.0 Å². The molecule has 0 unspecified atom stereocenters. The maximum Gasteiger partial charge on any atom is 0.243 e. The molecule has 0 saturated carbocycles. The second-order valence-electron chi connectivity index (χ2n) is 9.18. The van der Waals surface area contributed by atoms with Crippen molar-refractivity contribution in [2.45, 2.75) is 24.8 Å². The molecule has 2 heterocycles. The van der Waals surface area contributed by atoms with Gasteiger partial charge >= 0.3 is 0 Å². The molecule has 0 aliphatic carbocycles. The van der Waals surface area contributed by atoms with E-state index in [1.807, 2.05) is 42.5 Å². The fourth-order valence-corrected chi connectivity index (χ4v) is 6.03. The number of benzene rings is 3. The number of aromatic nitrogens is 2. The van der Waals surface area contributed by atoms with Crippen molar-refractivity contribution in [3.63, 3.8) is 0 Å². The zero-order valence-electron chi connectivity index (χ0n) is 21.3. The fourth-order valence-electron chi connectivity index (χ4n) is 4.61. The first-order chi connectivity index (χ1) is 17.9. The summed E-state index contributed by atoms with van der Waals surface area (Å²) in [6.45, 7) is 6.13. The Kier molecular flexibility index (Phi) is 7.10. The first kappa shape index (κ1) is 25.1. The van der Waals surface area contributed by atoms with E-state index in [1.54, 1.807) is 35.7 Å². The highest BCUT2D eigenvalue weighted by Crippen LogP contribution is 2.29. The number of hydrogen-bond donors (Lipinski definition) is 1. The van der Waals surface area contributed by atoms with E-state index in [2.05, 4.69) is 30.1 Å². The highest BCUT2D eigenvalue weighted by atomic mass is 32.2. The summed E-state index contributed by atoms with van der Waals surface area (Å²) in [7, 11) is -2.00. The topological polar surface area (TPSA) is 87.7 Å². The van der Waals surface area contributed by atoms with E-state index in [4.69, 9.17) is 14.7 Å². The summed E-state index contributed by atoms with van der Waals surface area (Å²) in [6, 6.07) is 22.6. The lowest BCUT2D eigenvalue weighted by molar-refractivity contribution is 0.141. The van der Waals surface area contributed by atoms with Crippen LogP contribution in [-0.4, -0.2) is 60.9 Å². The second-order valence-corrected chi connectivity index (χ2v) is 11.1. The number of rotatable bonds is 7. The smallest absolute Gasteiger partial charge is 0.243 e. The molecule has 37 heavy (non-hydrogen) atoms. The zero-order chi connectivity index (χ0) is 26.0. The molecule has 1 aliphatic heterocycles. The number of piperazine rings is 1. The molecule has 9 heteroatoms. The highest BCUT2D eigenvalue weighted by molar-refractivity contribution is 7.89. The van der Waals surface area contributed by atoms with Gasteiger partial charge in [0.2, 0.25) is 10.0 Å². The molecule has 1 N–H and O–H groups in total. The Morgan fingerprint density at radius 3 is 2.27 bits per heavy atom. The fraction of sp³-hybridized carbons (Fsp3) is 0.286. The summed E-state index contributed by atoms with van der Waals surface area (Å²) in [5.41, 5.74) is 3.01. The van der Waals surface area contributed by atoms with E-state index in [0.717, 1.165) is 28.0 Å². The SMILES string of the molecule is COc1ccc(S(=O)(=O)N2CCN([C@@H](C)c3nc(Nc4ccccc4C)c4ccccc4n3)CC2)cc1. The Labute approximate surface area is 218 Å². The van der Waals surface area contributed by atoms with Crippen molar-refractivity contribution in [3.8, 4) is 5.75 Å². The minimum atomic E-state index is -3.57. The van der Waals surface area contributed by atoms with Crippen LogP contribution in [0.25, 0.3) is 10.9 Å². The molecule has 1 aliphatic rings. The predicted octanol–water partition coefficient (Wildman–Crippen LogP) is 4.76. The molecule has 5 rings (SSSR count). The van der Waals surface area contributed by atoms with E-state index >= 15 is 0 Å². The molecule has 192 valence electrons. The van der Waals surface area contributed by atoms with Crippen molar-refractivity contribution in [3.05, 3.63) is 84.2 Å². The quantitative estimate of drug-likeness (QED) is 0.378. The zero-order valence-corrected chi connectivity index (χ0v) is 22.1. The third-order valence-corrected chi connectivity index (χ3v) is 8.82. The number of ether oxygens (including phenoxy) is 1. The van der Waals surface area contributed by atoms with Crippen molar-refractivity contribution >= 4 is 32.4 Å². The number of anilines is 2. The van der Waals surface area contributed by atoms with Gasteiger partial charge in [-0.05, 0) is 61.9 Å². The number of nitrogens with one attached hydrogen (secondary N) is 1. The van der Waals surface area contributed by atoms with Gasteiger partial charge in [-0.25, -0.2) is 18.4 Å². The maximum absolute atomic E-state index is 13.2. The summed E-state index contributed by atoms with van der Waals surface area (Å²) in [5.74, 6) is 2.10. The third kappa shape index (κ3) is 5.16. The molecular formula is C28H31N5O3S. The van der Waals surface area contributed by atoms with E-state index in [0.29, 0.717) is 37.8 Å². The first-order valence-corrected chi connectivity index (χ1v) is 13.8. The van der Waals surface area contributed by atoms with Crippen LogP contribution in [0.2, 0.25) is 0 Å². The third-order valence-electron chi connectivity index (χ3n) is 6.91. The molecule has 0 spiro atoms. The summed E-state index contributed by atoms with van der Waals surface area (Å²) < 4.78 is 33.0. The minimum absolute atomic E-state index is 0.0760. The normalized spacial score (nSPS) is 16.0. The van der Waals surface area contributed by atoms with E-state index in [9.17, 15) is 8.42 Å². The Hall–Kier alpha value is -3.53. The van der Waals surface area contributed by atoms with Crippen LogP contribution in [0.15, 0.2) is 77.7 Å². The number of nitrogens with zero attached hydrogens (tertiary/aromatic N) is 4. The van der Waals surface area contributed by atoms with E-state index in [1.165, 1.54) is 0 Å². The number of hydrogen-bond acceptors (Lipinski definition) is 7. The standard InChI is InChI=1S/C28H31N5O3S/c1-20-8-4-6-10-25(20)29-28-24-9-5-7-11-26(24)30-27(31-28)21(2)32-16-18-33(19-17-32)37(34,35)23-14-12-22(36-3)13-15-23/h4-15,21H,16-19H2,1-3H3,(H,29,30,31)/t21-/m0/s1. The Balaban J connectivity index is 1.35. The van der Waals surface area contributed by atoms with Gasteiger partial charge in [-0.1, -0.05) is 30.3 Å². The number of methoxy groups -OCH3 is 1. The van der Waals surface area contributed by atoms with Crippen molar-refractivity contribution in [1.29, 1.82) is 0 Å². The Morgan fingerprint density at radius 1 is 0.892 bits per heavy atom. The molecule has 4 aromatic rings. The molecular weight excluding hydrogens is 486 g/mol. The van der Waals surface area contributed by atoms with Crippen LogP contribution in [0.1, 0.15) is 24.4 Å². The Morgan fingerprint density at radius 2 is 1.57 bits per heavy atom. The van der Waals surface area contributed by atoms with Crippen molar-refractivity contribution in [1.82, 2.24) is 19.2 Å². The van der Waals surface area contributed by atoms with Gasteiger partial charge in [0, 0.05) is 37.3 Å². The average Bonchev–Trinajstić information content (AvgIpc) is 2.94. The molecule has 1 atom stereocenters. The van der Waals surface area contributed by atoms with Crippen LogP contribution >= 0.6 is 0 Å². The molecule has 0 bridgehead atoms. The van der Waals surface area contributed by atoms with Crippen LogP contribution in [0.5, 0.6) is 5.75 Å². The molecule has 1 fully saturated rings. The summed E-state index contributed by atoms with van der Waals surface area (Å²) >= 11 is 0. The van der Waals surface area contributed by atoms with Crippen LogP contribution in [-0.2, 0) is 10.0 Å². The number of aryl methyl sites for hydroxylation is 1. The molecule has 8 nitrogen and oxygen atoms in total. The van der Waals surface area contributed by atoms with Gasteiger partial charge in [0.1, 0.15) is 17.4 Å². The van der Waals surface area contributed by atoms with Gasteiger partial charge in [0.15, 0.2) is 0 Å². The van der Waals surface area contributed by atoms with Gasteiger partial charge in [-0.15, -0.1) is 0 Å².